The quantitative estimate of drug-likeness (QED) is 0.816. The van der Waals surface area contributed by atoms with Crippen molar-refractivity contribution in [2.75, 3.05) is 18.8 Å². The van der Waals surface area contributed by atoms with Crippen LogP contribution in [0.4, 0.5) is 0 Å². The maximum absolute atomic E-state index is 12.7. The van der Waals surface area contributed by atoms with Gasteiger partial charge in [-0.15, -0.1) is 0 Å². The molecule has 5 nitrogen and oxygen atoms in total. The normalized spacial score (nSPS) is 19.1. The molecule has 0 unspecified atom stereocenters. The van der Waals surface area contributed by atoms with Crippen LogP contribution in [0.15, 0.2) is 24.3 Å². The maximum atomic E-state index is 12.7. The van der Waals surface area contributed by atoms with Crippen LogP contribution in [0, 0.1) is 6.92 Å². The van der Waals surface area contributed by atoms with Crippen LogP contribution in [0.5, 0.6) is 0 Å². The van der Waals surface area contributed by atoms with E-state index in [0.717, 1.165) is 11.1 Å². The molecule has 0 saturated carbocycles. The molecule has 0 radical (unpaired) electrons. The molecule has 0 atom stereocenters. The topological polar surface area (TPSA) is 57.7 Å². The van der Waals surface area contributed by atoms with E-state index in [-0.39, 0.29) is 24.2 Å². The van der Waals surface area contributed by atoms with Gasteiger partial charge in [0.05, 0.1) is 17.8 Å². The summed E-state index contributed by atoms with van der Waals surface area (Å²) in [7, 11) is -3.46. The summed E-state index contributed by atoms with van der Waals surface area (Å²) >= 11 is 0. The summed E-state index contributed by atoms with van der Waals surface area (Å²) in [4.78, 5) is 14.2. The van der Waals surface area contributed by atoms with Crippen LogP contribution >= 0.6 is 0 Å². The van der Waals surface area contributed by atoms with Crippen molar-refractivity contribution in [2.45, 2.75) is 52.6 Å². The second-order valence-electron chi connectivity index (χ2n) is 7.49. The third-order valence-corrected chi connectivity index (χ3v) is 6.24. The average Bonchev–Trinajstić information content (AvgIpc) is 2.44. The number of carbonyl (C=O) groups excluding carboxylic acids is 1. The van der Waals surface area contributed by atoms with Gasteiger partial charge < -0.3 is 4.90 Å². The molecule has 0 bridgehead atoms. The molecule has 1 amide bonds. The van der Waals surface area contributed by atoms with E-state index in [1.54, 1.807) is 4.90 Å². The first kappa shape index (κ1) is 18.9. The number of carbonyl (C=O) groups is 1. The molecule has 1 aliphatic rings. The van der Waals surface area contributed by atoms with Crippen molar-refractivity contribution in [2.24, 2.45) is 0 Å². The minimum absolute atomic E-state index is 0.0289. The van der Waals surface area contributed by atoms with Crippen LogP contribution in [0.25, 0.3) is 0 Å². The summed E-state index contributed by atoms with van der Waals surface area (Å²) in [6.45, 7) is 10.1. The Bertz CT molecular complexity index is 693. The van der Waals surface area contributed by atoms with E-state index in [1.165, 1.54) is 4.31 Å². The largest absolute Gasteiger partial charge is 0.333 e. The third-order valence-electron chi connectivity index (χ3n) is 4.47. The highest BCUT2D eigenvalue weighted by atomic mass is 32.2. The lowest BCUT2D eigenvalue weighted by molar-refractivity contribution is -0.144. The summed E-state index contributed by atoms with van der Waals surface area (Å²) in [5.41, 5.74) is 1.65. The first-order valence-electron chi connectivity index (χ1n) is 8.38. The fraction of sp³-hybridized carbons (Fsp3) is 0.611. The Morgan fingerprint density at radius 2 is 1.75 bits per heavy atom. The van der Waals surface area contributed by atoms with E-state index < -0.39 is 15.6 Å². The van der Waals surface area contributed by atoms with Gasteiger partial charge in [-0.25, -0.2) is 8.42 Å². The first-order valence-corrected chi connectivity index (χ1v) is 9.99. The van der Waals surface area contributed by atoms with Crippen LogP contribution in [-0.4, -0.2) is 54.0 Å². The minimum atomic E-state index is -3.46. The Balaban J connectivity index is 2.09. The standard InChI is InChI=1S/C18H28N2O3S/c1-14(2)20-17(21)12-19(13-18(20,4)5)24(22,23)11-10-16-8-6-15(3)7-9-16/h6-9,14H,10-13H2,1-5H3. The lowest BCUT2D eigenvalue weighted by atomic mass is 9.98. The lowest BCUT2D eigenvalue weighted by Crippen LogP contribution is -2.65. The Hall–Kier alpha value is -1.40. The molecular formula is C18H28N2O3S. The number of aryl methyl sites for hydroxylation is 2. The highest BCUT2D eigenvalue weighted by Crippen LogP contribution is 2.26. The van der Waals surface area contributed by atoms with Gasteiger partial charge in [0.25, 0.3) is 0 Å². The zero-order chi connectivity index (χ0) is 18.1. The number of benzene rings is 1. The number of hydrogen-bond acceptors (Lipinski definition) is 3. The Labute approximate surface area is 145 Å². The molecule has 1 heterocycles. The molecule has 0 N–H and O–H groups in total. The maximum Gasteiger partial charge on any atom is 0.238 e. The number of hydrogen-bond donors (Lipinski definition) is 0. The summed E-state index contributed by atoms with van der Waals surface area (Å²) < 4.78 is 26.7. The fourth-order valence-electron chi connectivity index (χ4n) is 3.44. The predicted molar refractivity (Wildman–Crippen MR) is 96.3 cm³/mol. The van der Waals surface area contributed by atoms with E-state index in [2.05, 4.69) is 0 Å². The van der Waals surface area contributed by atoms with Gasteiger partial charge in [0, 0.05) is 12.6 Å². The molecule has 1 saturated heterocycles. The number of amides is 1. The summed E-state index contributed by atoms with van der Waals surface area (Å²) in [6, 6.07) is 7.93. The molecule has 134 valence electrons. The zero-order valence-corrected chi connectivity index (χ0v) is 16.1. The molecule has 6 heteroatoms. The Morgan fingerprint density at radius 3 is 2.25 bits per heavy atom. The zero-order valence-electron chi connectivity index (χ0n) is 15.2. The smallest absolute Gasteiger partial charge is 0.238 e. The molecule has 1 aromatic carbocycles. The van der Waals surface area contributed by atoms with Crippen molar-refractivity contribution in [1.29, 1.82) is 0 Å². The number of sulfonamides is 1. The van der Waals surface area contributed by atoms with Gasteiger partial charge >= 0.3 is 0 Å². The van der Waals surface area contributed by atoms with Gasteiger partial charge in [0.15, 0.2) is 0 Å². The van der Waals surface area contributed by atoms with Crippen LogP contribution < -0.4 is 0 Å². The molecular weight excluding hydrogens is 324 g/mol. The molecule has 1 aromatic rings. The molecule has 0 aliphatic carbocycles. The highest BCUT2D eigenvalue weighted by Gasteiger charge is 2.43. The Kier molecular flexibility index (Phi) is 5.40. The van der Waals surface area contributed by atoms with Crippen LogP contribution in [0.1, 0.15) is 38.8 Å². The van der Waals surface area contributed by atoms with Crippen molar-refractivity contribution >= 4 is 15.9 Å². The fourth-order valence-corrected chi connectivity index (χ4v) is 5.01. The molecule has 24 heavy (non-hydrogen) atoms. The number of piperazine rings is 1. The monoisotopic (exact) mass is 352 g/mol. The van der Waals surface area contributed by atoms with Crippen LogP contribution in [0.3, 0.4) is 0 Å². The molecule has 0 aromatic heterocycles. The second kappa shape index (κ2) is 6.84. The minimum Gasteiger partial charge on any atom is -0.333 e. The molecule has 0 spiro atoms. The molecule has 2 rings (SSSR count). The first-order chi connectivity index (χ1) is 11.0. The van der Waals surface area contributed by atoms with Crippen molar-refractivity contribution < 1.29 is 13.2 Å². The van der Waals surface area contributed by atoms with E-state index >= 15 is 0 Å². The van der Waals surface area contributed by atoms with Gasteiger partial charge in [-0.3, -0.25) is 4.79 Å². The summed E-state index contributed by atoms with van der Waals surface area (Å²) in [5.74, 6) is -0.0960. The van der Waals surface area contributed by atoms with Crippen molar-refractivity contribution in [1.82, 2.24) is 9.21 Å². The Morgan fingerprint density at radius 1 is 1.17 bits per heavy atom. The van der Waals surface area contributed by atoms with Gasteiger partial charge in [-0.05, 0) is 46.6 Å². The van der Waals surface area contributed by atoms with E-state index in [1.807, 2.05) is 58.9 Å². The summed E-state index contributed by atoms with van der Waals surface area (Å²) in [5, 5.41) is 0. The van der Waals surface area contributed by atoms with Gasteiger partial charge in [0.1, 0.15) is 0 Å². The van der Waals surface area contributed by atoms with Gasteiger partial charge in [0.2, 0.25) is 15.9 Å². The lowest BCUT2D eigenvalue weighted by Gasteiger charge is -2.48. The van der Waals surface area contributed by atoms with Crippen molar-refractivity contribution in [3.8, 4) is 0 Å². The van der Waals surface area contributed by atoms with E-state index in [0.29, 0.717) is 13.0 Å². The SMILES string of the molecule is Cc1ccc(CCS(=O)(=O)N2CC(=O)N(C(C)C)C(C)(C)C2)cc1. The third kappa shape index (κ3) is 4.16. The van der Waals surface area contributed by atoms with Gasteiger partial charge in [-0.2, -0.15) is 4.31 Å². The van der Waals surface area contributed by atoms with Crippen molar-refractivity contribution in [3.63, 3.8) is 0 Å². The van der Waals surface area contributed by atoms with Crippen LogP contribution in [0.2, 0.25) is 0 Å². The van der Waals surface area contributed by atoms with Gasteiger partial charge in [-0.1, -0.05) is 29.8 Å². The average molecular weight is 353 g/mol. The highest BCUT2D eigenvalue weighted by molar-refractivity contribution is 7.89. The van der Waals surface area contributed by atoms with E-state index in [4.69, 9.17) is 0 Å². The number of rotatable bonds is 5. The van der Waals surface area contributed by atoms with E-state index in [9.17, 15) is 13.2 Å². The van der Waals surface area contributed by atoms with Crippen molar-refractivity contribution in [3.05, 3.63) is 35.4 Å². The predicted octanol–water partition coefficient (Wildman–Crippen LogP) is 2.20. The van der Waals surface area contributed by atoms with Crippen LogP contribution in [-0.2, 0) is 21.2 Å². The molecule has 1 fully saturated rings. The molecule has 1 aliphatic heterocycles. The second-order valence-corrected chi connectivity index (χ2v) is 9.58. The number of nitrogens with zero attached hydrogens (tertiary/aromatic N) is 2. The summed E-state index contributed by atoms with van der Waals surface area (Å²) in [6.07, 6.45) is 0.460.